The first kappa shape index (κ1) is 18.0. The molecular weight excluding hydrogens is 345 g/mol. The van der Waals surface area contributed by atoms with Crippen LogP contribution in [0.15, 0.2) is 42.7 Å². The van der Waals surface area contributed by atoms with Gasteiger partial charge in [0.15, 0.2) is 0 Å². The quantitative estimate of drug-likeness (QED) is 0.805. The van der Waals surface area contributed by atoms with Crippen LogP contribution in [0.4, 0.5) is 10.1 Å². The van der Waals surface area contributed by atoms with Crippen molar-refractivity contribution >= 4 is 11.6 Å². The zero-order valence-corrected chi connectivity index (χ0v) is 15.5. The van der Waals surface area contributed by atoms with Crippen LogP contribution in [0.3, 0.4) is 0 Å². The second-order valence-electron chi connectivity index (χ2n) is 7.34. The predicted molar refractivity (Wildman–Crippen MR) is 102 cm³/mol. The average molecular weight is 371 g/mol. The smallest absolute Gasteiger partial charge is 0.236 e. The highest BCUT2D eigenvalue weighted by atomic mass is 19.1. The number of halogens is 1. The second-order valence-corrected chi connectivity index (χ2v) is 7.34. The second kappa shape index (κ2) is 8.08. The lowest BCUT2D eigenvalue weighted by Crippen LogP contribution is -2.52. The molecule has 0 N–H and O–H groups in total. The predicted octanol–water partition coefficient (Wildman–Crippen LogP) is 1.84. The molecule has 27 heavy (non-hydrogen) atoms. The first-order chi connectivity index (χ1) is 13.2. The number of hydrogen-bond donors (Lipinski definition) is 0. The summed E-state index contributed by atoms with van der Waals surface area (Å²) in [6.45, 7) is 5.32. The van der Waals surface area contributed by atoms with E-state index in [-0.39, 0.29) is 11.7 Å². The number of hydrogen-bond acceptors (Lipinski definition) is 4. The van der Waals surface area contributed by atoms with Crippen molar-refractivity contribution in [1.29, 1.82) is 0 Å². The zero-order valence-electron chi connectivity index (χ0n) is 15.5. The van der Waals surface area contributed by atoms with Crippen LogP contribution in [0.5, 0.6) is 0 Å². The van der Waals surface area contributed by atoms with Gasteiger partial charge in [-0.25, -0.2) is 4.39 Å². The molecule has 4 rings (SSSR count). The minimum absolute atomic E-state index is 0.209. The van der Waals surface area contributed by atoms with E-state index in [1.165, 1.54) is 12.1 Å². The Kier molecular flexibility index (Phi) is 5.38. The van der Waals surface area contributed by atoms with Gasteiger partial charge in [-0.1, -0.05) is 0 Å². The van der Waals surface area contributed by atoms with Crippen LogP contribution in [0.1, 0.15) is 12.8 Å². The lowest BCUT2D eigenvalue weighted by molar-refractivity contribution is -0.133. The minimum atomic E-state index is -0.220. The molecule has 1 aromatic carbocycles. The number of rotatable bonds is 5. The van der Waals surface area contributed by atoms with E-state index in [1.807, 2.05) is 21.8 Å². The van der Waals surface area contributed by atoms with E-state index in [0.29, 0.717) is 25.7 Å². The number of carbonyl (C=O) groups excluding carboxylic acids is 1. The van der Waals surface area contributed by atoms with Gasteiger partial charge in [-0.2, -0.15) is 5.10 Å². The van der Waals surface area contributed by atoms with Gasteiger partial charge < -0.3 is 9.80 Å². The van der Waals surface area contributed by atoms with Crippen LogP contribution >= 0.6 is 0 Å². The summed E-state index contributed by atoms with van der Waals surface area (Å²) < 4.78 is 15.0. The van der Waals surface area contributed by atoms with Gasteiger partial charge in [0.2, 0.25) is 5.91 Å². The van der Waals surface area contributed by atoms with Crippen molar-refractivity contribution in [2.24, 2.45) is 0 Å². The van der Waals surface area contributed by atoms with Crippen LogP contribution < -0.4 is 4.90 Å². The van der Waals surface area contributed by atoms with Crippen molar-refractivity contribution in [1.82, 2.24) is 19.6 Å². The maximum atomic E-state index is 13.1. The molecule has 144 valence electrons. The number of amides is 1. The highest BCUT2D eigenvalue weighted by Gasteiger charge is 2.29. The topological polar surface area (TPSA) is 44.6 Å². The molecule has 0 unspecified atom stereocenters. The molecule has 2 fully saturated rings. The summed E-state index contributed by atoms with van der Waals surface area (Å²) in [6, 6.07) is 8.90. The lowest BCUT2D eigenvalue weighted by atomic mass is 10.2. The van der Waals surface area contributed by atoms with Crippen molar-refractivity contribution in [3.05, 3.63) is 48.5 Å². The molecule has 7 heteroatoms. The van der Waals surface area contributed by atoms with E-state index >= 15 is 0 Å². The van der Waals surface area contributed by atoms with Gasteiger partial charge in [0.25, 0.3) is 0 Å². The van der Waals surface area contributed by atoms with Crippen molar-refractivity contribution in [3.63, 3.8) is 0 Å². The summed E-state index contributed by atoms with van der Waals surface area (Å²) in [5, 5.41) is 4.29. The van der Waals surface area contributed by atoms with Crippen LogP contribution in [-0.2, 0) is 11.3 Å². The SMILES string of the molecule is O=C(CN1CCC[C@@H]1Cn1cccn1)N1CCN(c2ccc(F)cc2)CC1. The fraction of sp³-hybridized carbons (Fsp3) is 0.500. The Morgan fingerprint density at radius 3 is 2.59 bits per heavy atom. The summed E-state index contributed by atoms with van der Waals surface area (Å²) in [5.41, 5.74) is 1.02. The summed E-state index contributed by atoms with van der Waals surface area (Å²) in [7, 11) is 0. The van der Waals surface area contributed by atoms with E-state index in [4.69, 9.17) is 0 Å². The molecule has 1 amide bonds. The molecule has 0 aliphatic carbocycles. The van der Waals surface area contributed by atoms with E-state index in [1.54, 1.807) is 18.3 Å². The van der Waals surface area contributed by atoms with Gasteiger partial charge in [0, 0.05) is 50.3 Å². The Morgan fingerprint density at radius 1 is 1.11 bits per heavy atom. The Labute approximate surface area is 159 Å². The van der Waals surface area contributed by atoms with Crippen LogP contribution in [0.2, 0.25) is 0 Å². The van der Waals surface area contributed by atoms with Crippen molar-refractivity contribution in [2.45, 2.75) is 25.4 Å². The monoisotopic (exact) mass is 371 g/mol. The number of nitrogens with zero attached hydrogens (tertiary/aromatic N) is 5. The standard InChI is InChI=1S/C20H26FN5O/c21-17-4-6-18(7-5-17)23-11-13-24(14-12-23)20(27)16-25-9-1-3-19(25)15-26-10-2-8-22-26/h2,4-8,10,19H,1,3,9,11-16H2/t19-/m1/s1. The molecule has 2 aromatic rings. The van der Waals surface area contributed by atoms with Gasteiger partial charge in [-0.3, -0.25) is 14.4 Å². The Balaban J connectivity index is 1.28. The molecule has 1 atom stereocenters. The molecule has 2 aliphatic rings. The third-order valence-electron chi connectivity index (χ3n) is 5.62. The van der Waals surface area contributed by atoms with Gasteiger partial charge in [-0.05, 0) is 49.7 Å². The van der Waals surface area contributed by atoms with E-state index in [0.717, 1.165) is 44.7 Å². The Bertz CT molecular complexity index is 740. The van der Waals surface area contributed by atoms with Gasteiger partial charge in [-0.15, -0.1) is 0 Å². The maximum absolute atomic E-state index is 13.1. The number of carbonyl (C=O) groups is 1. The number of aromatic nitrogens is 2. The zero-order chi connectivity index (χ0) is 18.6. The van der Waals surface area contributed by atoms with Crippen molar-refractivity contribution in [3.8, 4) is 0 Å². The molecule has 2 saturated heterocycles. The first-order valence-electron chi connectivity index (χ1n) is 9.69. The number of likely N-dealkylation sites (tertiary alicyclic amines) is 1. The fourth-order valence-corrected chi connectivity index (χ4v) is 4.07. The molecule has 1 aromatic heterocycles. The number of piperazine rings is 1. The van der Waals surface area contributed by atoms with Crippen molar-refractivity contribution in [2.75, 3.05) is 44.2 Å². The molecule has 0 bridgehead atoms. The van der Waals surface area contributed by atoms with Gasteiger partial charge >= 0.3 is 0 Å². The number of benzene rings is 1. The van der Waals surface area contributed by atoms with Crippen molar-refractivity contribution < 1.29 is 9.18 Å². The summed E-state index contributed by atoms with van der Waals surface area (Å²) in [6.07, 6.45) is 6.03. The maximum Gasteiger partial charge on any atom is 0.236 e. The minimum Gasteiger partial charge on any atom is -0.368 e. The molecule has 6 nitrogen and oxygen atoms in total. The Morgan fingerprint density at radius 2 is 1.89 bits per heavy atom. The van der Waals surface area contributed by atoms with Crippen LogP contribution in [0, 0.1) is 5.82 Å². The fourth-order valence-electron chi connectivity index (χ4n) is 4.07. The van der Waals surface area contributed by atoms with E-state index in [9.17, 15) is 9.18 Å². The lowest BCUT2D eigenvalue weighted by Gasteiger charge is -2.37. The third kappa shape index (κ3) is 4.30. The molecule has 0 radical (unpaired) electrons. The van der Waals surface area contributed by atoms with Gasteiger partial charge in [0.1, 0.15) is 5.82 Å². The van der Waals surface area contributed by atoms with E-state index < -0.39 is 0 Å². The summed E-state index contributed by atoms with van der Waals surface area (Å²) >= 11 is 0. The highest BCUT2D eigenvalue weighted by molar-refractivity contribution is 5.78. The normalized spacial score (nSPS) is 21.0. The van der Waals surface area contributed by atoms with Crippen LogP contribution in [0.25, 0.3) is 0 Å². The summed E-state index contributed by atoms with van der Waals surface area (Å²) in [4.78, 5) is 19.3. The largest absolute Gasteiger partial charge is 0.368 e. The Hall–Kier alpha value is -2.41. The van der Waals surface area contributed by atoms with E-state index in [2.05, 4.69) is 14.9 Å². The molecule has 0 spiro atoms. The third-order valence-corrected chi connectivity index (χ3v) is 5.62. The van der Waals surface area contributed by atoms with Gasteiger partial charge in [0.05, 0.1) is 13.1 Å². The highest BCUT2D eigenvalue weighted by Crippen LogP contribution is 2.20. The molecule has 2 aliphatic heterocycles. The molecular formula is C20H26FN5O. The molecule has 0 saturated carbocycles. The molecule has 3 heterocycles. The number of anilines is 1. The van der Waals surface area contributed by atoms with Crippen LogP contribution in [-0.4, -0.2) is 70.8 Å². The average Bonchev–Trinajstić information content (AvgIpc) is 3.35. The summed E-state index contributed by atoms with van der Waals surface area (Å²) in [5.74, 6) is -0.0102. The first-order valence-corrected chi connectivity index (χ1v) is 9.69.